The normalized spacial score (nSPS) is 36.0. The minimum absolute atomic E-state index is 0.235. The molecule has 0 amide bonds. The number of aliphatic hydroxyl groups excluding tert-OH is 3. The first-order chi connectivity index (χ1) is 18.7. The summed E-state index contributed by atoms with van der Waals surface area (Å²) in [5, 5.41) is 31.6. The average molecular weight is 535 g/mol. The van der Waals surface area contributed by atoms with Crippen LogP contribution in [0.2, 0.25) is 0 Å². The zero-order valence-electron chi connectivity index (χ0n) is 24.4. The van der Waals surface area contributed by atoms with Crippen molar-refractivity contribution in [3.05, 3.63) is 71.3 Å². The van der Waals surface area contributed by atoms with Crippen molar-refractivity contribution in [1.82, 2.24) is 0 Å². The molecule has 39 heavy (non-hydrogen) atoms. The summed E-state index contributed by atoms with van der Waals surface area (Å²) in [5.74, 6) is 2.53. The fraction of sp³-hybridized carbons (Fsp3) is 0.657. The number of furan rings is 1. The van der Waals surface area contributed by atoms with E-state index in [0.29, 0.717) is 30.6 Å². The van der Waals surface area contributed by atoms with Gasteiger partial charge in [-0.3, -0.25) is 0 Å². The molecule has 0 aliphatic heterocycles. The fourth-order valence-corrected chi connectivity index (χ4v) is 8.18. The van der Waals surface area contributed by atoms with Crippen molar-refractivity contribution in [3.8, 4) is 0 Å². The summed E-state index contributed by atoms with van der Waals surface area (Å²) in [6.45, 7) is 11.1. The molecule has 0 bridgehead atoms. The summed E-state index contributed by atoms with van der Waals surface area (Å²) in [6, 6.07) is 2.18. The van der Waals surface area contributed by atoms with Gasteiger partial charge in [-0.15, -0.1) is 0 Å². The molecular formula is C35H50O4. The van der Waals surface area contributed by atoms with Gasteiger partial charge in [-0.1, -0.05) is 63.6 Å². The minimum atomic E-state index is -0.639. The van der Waals surface area contributed by atoms with Gasteiger partial charge in [0.25, 0.3) is 0 Å². The van der Waals surface area contributed by atoms with Crippen LogP contribution in [0.5, 0.6) is 0 Å². The van der Waals surface area contributed by atoms with Crippen LogP contribution in [0, 0.1) is 23.2 Å². The highest BCUT2D eigenvalue weighted by Crippen LogP contribution is 2.60. The Morgan fingerprint density at radius 3 is 2.69 bits per heavy atom. The maximum absolute atomic E-state index is 11.3. The van der Waals surface area contributed by atoms with E-state index in [1.807, 2.05) is 6.26 Å². The highest BCUT2D eigenvalue weighted by Gasteiger charge is 2.53. The van der Waals surface area contributed by atoms with Crippen molar-refractivity contribution in [2.75, 3.05) is 0 Å². The van der Waals surface area contributed by atoms with Crippen LogP contribution in [0.3, 0.4) is 0 Å². The SMILES string of the molecule is C=C1/C(=C\C=C2/CCC[C@]3(C)[C@@H]([C@H](C)/C=C/[C@@H](O)C4(c5cc(CCCC)co5)CC4)CC[C@@H]23)C[C@@H](O)C[C@@H]1O. The molecule has 0 saturated heterocycles. The molecule has 4 heteroatoms. The number of hydrogen-bond acceptors (Lipinski definition) is 4. The summed E-state index contributed by atoms with van der Waals surface area (Å²) >= 11 is 0. The second kappa shape index (κ2) is 11.5. The smallest absolute Gasteiger partial charge is 0.113 e. The third-order valence-electron chi connectivity index (χ3n) is 10.9. The van der Waals surface area contributed by atoms with Crippen LogP contribution in [-0.4, -0.2) is 33.6 Å². The molecule has 0 spiro atoms. The largest absolute Gasteiger partial charge is 0.468 e. The molecule has 4 saturated carbocycles. The summed E-state index contributed by atoms with van der Waals surface area (Å²) in [5.41, 5.74) is 4.55. The Hall–Kier alpha value is -1.88. The van der Waals surface area contributed by atoms with Crippen LogP contribution in [0.15, 0.2) is 64.3 Å². The maximum atomic E-state index is 11.3. The zero-order chi connectivity index (χ0) is 27.8. The fourth-order valence-electron chi connectivity index (χ4n) is 8.18. The third-order valence-corrected chi connectivity index (χ3v) is 10.9. The summed E-state index contributed by atoms with van der Waals surface area (Å²) < 4.78 is 5.96. The van der Waals surface area contributed by atoms with Crippen molar-refractivity contribution >= 4 is 0 Å². The van der Waals surface area contributed by atoms with E-state index in [-0.39, 0.29) is 10.8 Å². The zero-order valence-corrected chi connectivity index (χ0v) is 24.4. The highest BCUT2D eigenvalue weighted by molar-refractivity contribution is 5.39. The summed E-state index contributed by atoms with van der Waals surface area (Å²) in [7, 11) is 0. The van der Waals surface area contributed by atoms with E-state index in [4.69, 9.17) is 4.42 Å². The van der Waals surface area contributed by atoms with Gasteiger partial charge in [0.2, 0.25) is 0 Å². The lowest BCUT2D eigenvalue weighted by atomic mass is 9.61. The molecule has 0 aromatic carbocycles. The first kappa shape index (κ1) is 28.6. The lowest BCUT2D eigenvalue weighted by Gasteiger charge is -2.44. The molecule has 4 aliphatic carbocycles. The molecule has 5 rings (SSSR count). The molecule has 1 aromatic rings. The molecular weight excluding hydrogens is 484 g/mol. The number of fused-ring (bicyclic) bond motifs is 1. The molecule has 0 radical (unpaired) electrons. The quantitative estimate of drug-likeness (QED) is 0.290. The van der Waals surface area contributed by atoms with E-state index < -0.39 is 18.3 Å². The van der Waals surface area contributed by atoms with Gasteiger partial charge in [0.15, 0.2) is 0 Å². The number of rotatable bonds is 9. The predicted octanol–water partition coefficient (Wildman–Crippen LogP) is 7.35. The van der Waals surface area contributed by atoms with Gasteiger partial charge in [0, 0.05) is 6.42 Å². The third kappa shape index (κ3) is 5.67. The Balaban J connectivity index is 1.26. The van der Waals surface area contributed by atoms with E-state index in [0.717, 1.165) is 42.6 Å². The van der Waals surface area contributed by atoms with Gasteiger partial charge in [0.05, 0.1) is 30.0 Å². The number of hydrogen-bond donors (Lipinski definition) is 3. The van der Waals surface area contributed by atoms with Crippen LogP contribution in [-0.2, 0) is 11.8 Å². The summed E-state index contributed by atoms with van der Waals surface area (Å²) in [6.07, 6.45) is 21.4. The maximum Gasteiger partial charge on any atom is 0.113 e. The van der Waals surface area contributed by atoms with Gasteiger partial charge in [-0.05, 0) is 110 Å². The van der Waals surface area contributed by atoms with E-state index in [2.05, 4.69) is 57.7 Å². The number of unbranched alkanes of at least 4 members (excludes halogenated alkanes) is 1. The number of aryl methyl sites for hydroxylation is 1. The molecule has 0 unspecified atom stereocenters. The van der Waals surface area contributed by atoms with Crippen molar-refractivity contribution in [1.29, 1.82) is 0 Å². The molecule has 1 aromatic heterocycles. The Kier molecular flexibility index (Phi) is 8.48. The van der Waals surface area contributed by atoms with Crippen molar-refractivity contribution < 1.29 is 19.7 Å². The van der Waals surface area contributed by atoms with Crippen molar-refractivity contribution in [3.63, 3.8) is 0 Å². The second-order valence-electron chi connectivity index (χ2n) is 13.4. The molecule has 1 heterocycles. The molecule has 7 atom stereocenters. The first-order valence-corrected chi connectivity index (χ1v) is 15.6. The van der Waals surface area contributed by atoms with Crippen molar-refractivity contribution in [2.45, 2.75) is 122 Å². The minimum Gasteiger partial charge on any atom is -0.468 e. The Morgan fingerprint density at radius 1 is 1.15 bits per heavy atom. The van der Waals surface area contributed by atoms with Gasteiger partial charge >= 0.3 is 0 Å². The molecule has 4 nitrogen and oxygen atoms in total. The lowest BCUT2D eigenvalue weighted by molar-refractivity contribution is 0.0862. The average Bonchev–Trinajstić information content (AvgIpc) is 3.44. The second-order valence-corrected chi connectivity index (χ2v) is 13.4. The molecule has 214 valence electrons. The van der Waals surface area contributed by atoms with Crippen LogP contribution in [0.4, 0.5) is 0 Å². The topological polar surface area (TPSA) is 73.8 Å². The van der Waals surface area contributed by atoms with Crippen LogP contribution in [0.25, 0.3) is 0 Å². The van der Waals surface area contributed by atoms with Crippen LogP contribution >= 0.6 is 0 Å². The van der Waals surface area contributed by atoms with E-state index in [1.54, 1.807) is 0 Å². The van der Waals surface area contributed by atoms with E-state index in [1.165, 1.54) is 49.7 Å². The van der Waals surface area contributed by atoms with Gasteiger partial charge in [0.1, 0.15) is 5.76 Å². The lowest BCUT2D eigenvalue weighted by Crippen LogP contribution is -2.35. The Morgan fingerprint density at radius 2 is 1.95 bits per heavy atom. The molecule has 3 N–H and O–H groups in total. The molecule has 4 fully saturated rings. The Labute approximate surface area is 235 Å². The monoisotopic (exact) mass is 534 g/mol. The highest BCUT2D eigenvalue weighted by atomic mass is 16.3. The van der Waals surface area contributed by atoms with Crippen LogP contribution in [0.1, 0.15) is 103 Å². The summed E-state index contributed by atoms with van der Waals surface area (Å²) in [4.78, 5) is 0. The van der Waals surface area contributed by atoms with Gasteiger partial charge in [-0.25, -0.2) is 0 Å². The van der Waals surface area contributed by atoms with Gasteiger partial charge < -0.3 is 19.7 Å². The molecule has 4 aliphatic rings. The predicted molar refractivity (Wildman–Crippen MR) is 157 cm³/mol. The Bertz CT molecular complexity index is 1120. The number of allylic oxidation sites excluding steroid dienone is 4. The van der Waals surface area contributed by atoms with Gasteiger partial charge in [-0.2, -0.15) is 0 Å². The van der Waals surface area contributed by atoms with Crippen molar-refractivity contribution in [2.24, 2.45) is 23.2 Å². The number of aliphatic hydroxyl groups is 3. The first-order valence-electron chi connectivity index (χ1n) is 15.6. The van der Waals surface area contributed by atoms with E-state index >= 15 is 0 Å². The standard InChI is InChI=1S/C35H50O4/c1-5-6-8-25-19-33(39-22-25)35(17-18-35)32(38)15-10-23(2)29-13-14-30-26(9-7-16-34(29,30)4)11-12-27-20-28(36)21-31(37)24(27)3/h10-12,15,19,22-23,28-32,36-38H,3,5-9,13-14,16-18,20-21H2,1-2,4H3/b15-10+,26-11+,27-12-/t23-,28-,29-,30+,31+,32-,34-/m1/s1. The van der Waals surface area contributed by atoms with E-state index in [9.17, 15) is 15.3 Å². The van der Waals surface area contributed by atoms with Crippen LogP contribution < -0.4 is 0 Å².